The second kappa shape index (κ2) is 8.03. The molecular weight excluding hydrogens is 356 g/mol. The minimum atomic E-state index is -3.48. The summed E-state index contributed by atoms with van der Waals surface area (Å²) in [6, 6.07) is 16.1. The van der Waals surface area contributed by atoms with E-state index in [4.69, 9.17) is 0 Å². The number of thioether (sulfide) groups is 1. The van der Waals surface area contributed by atoms with Gasteiger partial charge in [0.25, 0.3) is 5.91 Å². The van der Waals surface area contributed by atoms with Crippen LogP contribution in [0.2, 0.25) is 0 Å². The van der Waals surface area contributed by atoms with Crippen molar-refractivity contribution in [2.24, 2.45) is 0 Å². The molecule has 0 aliphatic heterocycles. The summed E-state index contributed by atoms with van der Waals surface area (Å²) in [4.78, 5) is 13.5. The summed E-state index contributed by atoms with van der Waals surface area (Å²) in [5.41, 5.74) is 0.454. The summed E-state index contributed by atoms with van der Waals surface area (Å²) in [6.07, 6.45) is 1.78. The molecule has 1 fully saturated rings. The Balaban J connectivity index is 1.48. The highest BCUT2D eigenvalue weighted by atomic mass is 32.2. The molecule has 0 heterocycles. The Morgan fingerprint density at radius 1 is 1.04 bits per heavy atom. The lowest BCUT2D eigenvalue weighted by atomic mass is 10.2. The Labute approximate surface area is 152 Å². The maximum Gasteiger partial charge on any atom is 0.251 e. The third-order valence-electron chi connectivity index (χ3n) is 3.73. The predicted molar refractivity (Wildman–Crippen MR) is 99.3 cm³/mol. The van der Waals surface area contributed by atoms with E-state index in [1.54, 1.807) is 23.9 Å². The van der Waals surface area contributed by atoms with Crippen molar-refractivity contribution in [2.75, 3.05) is 12.3 Å². The Kier molecular flexibility index (Phi) is 5.78. The molecule has 1 aliphatic rings. The zero-order chi connectivity index (χ0) is 17.7. The molecule has 0 saturated heterocycles. The van der Waals surface area contributed by atoms with Crippen LogP contribution in [-0.2, 0) is 10.0 Å². The highest BCUT2D eigenvalue weighted by Gasteiger charge is 2.27. The number of hydrogen-bond donors (Lipinski definition) is 2. The minimum absolute atomic E-state index is 0.0649. The predicted octanol–water partition coefficient (Wildman–Crippen LogP) is 2.65. The molecular formula is C18H20N2O3S2. The second-order valence-electron chi connectivity index (χ2n) is 5.84. The standard InChI is InChI=1S/C18H20N2O3S2/c21-18(19-12-13-24-16-4-2-1-3-5-16)14-6-10-17(11-7-14)25(22,23)20-15-8-9-15/h1-7,10-11,15,20H,8-9,12-13H2,(H,19,21). The number of nitrogens with one attached hydrogen (secondary N) is 2. The van der Waals surface area contributed by atoms with Crippen LogP contribution in [0, 0.1) is 0 Å². The van der Waals surface area contributed by atoms with Gasteiger partial charge in [-0.15, -0.1) is 11.8 Å². The van der Waals surface area contributed by atoms with Crippen molar-refractivity contribution in [3.63, 3.8) is 0 Å². The van der Waals surface area contributed by atoms with Crippen LogP contribution in [0.25, 0.3) is 0 Å². The Morgan fingerprint density at radius 3 is 2.36 bits per heavy atom. The molecule has 7 heteroatoms. The fourth-order valence-electron chi connectivity index (χ4n) is 2.23. The molecule has 0 spiro atoms. The minimum Gasteiger partial charge on any atom is -0.351 e. The zero-order valence-corrected chi connectivity index (χ0v) is 15.3. The second-order valence-corrected chi connectivity index (χ2v) is 8.72. The van der Waals surface area contributed by atoms with Crippen molar-refractivity contribution in [3.05, 3.63) is 60.2 Å². The third-order valence-corrected chi connectivity index (χ3v) is 6.28. The van der Waals surface area contributed by atoms with Gasteiger partial charge >= 0.3 is 0 Å². The van der Waals surface area contributed by atoms with Gasteiger partial charge < -0.3 is 5.32 Å². The van der Waals surface area contributed by atoms with Crippen LogP contribution >= 0.6 is 11.8 Å². The lowest BCUT2D eigenvalue weighted by Crippen LogP contribution is -2.27. The quantitative estimate of drug-likeness (QED) is 0.549. The van der Waals surface area contributed by atoms with E-state index in [1.807, 2.05) is 30.3 Å². The molecule has 2 aromatic carbocycles. The highest BCUT2D eigenvalue weighted by molar-refractivity contribution is 7.99. The highest BCUT2D eigenvalue weighted by Crippen LogP contribution is 2.22. The first-order valence-corrected chi connectivity index (χ1v) is 10.6. The van der Waals surface area contributed by atoms with Crippen LogP contribution < -0.4 is 10.0 Å². The van der Waals surface area contributed by atoms with E-state index in [0.717, 1.165) is 23.5 Å². The van der Waals surface area contributed by atoms with Crippen molar-refractivity contribution in [1.29, 1.82) is 0 Å². The van der Waals surface area contributed by atoms with Crippen LogP contribution in [0.5, 0.6) is 0 Å². The normalized spacial score (nSPS) is 14.2. The number of carbonyl (C=O) groups is 1. The van der Waals surface area contributed by atoms with Crippen LogP contribution in [0.15, 0.2) is 64.4 Å². The smallest absolute Gasteiger partial charge is 0.251 e. The molecule has 3 rings (SSSR count). The first-order valence-electron chi connectivity index (χ1n) is 8.13. The average Bonchev–Trinajstić information content (AvgIpc) is 3.43. The summed E-state index contributed by atoms with van der Waals surface area (Å²) in [5.74, 6) is 0.570. The van der Waals surface area contributed by atoms with Crippen molar-refractivity contribution < 1.29 is 13.2 Å². The monoisotopic (exact) mass is 376 g/mol. The molecule has 1 aliphatic carbocycles. The number of hydrogen-bond acceptors (Lipinski definition) is 4. The molecule has 25 heavy (non-hydrogen) atoms. The summed E-state index contributed by atoms with van der Waals surface area (Å²) in [6.45, 7) is 0.543. The lowest BCUT2D eigenvalue weighted by Gasteiger charge is -2.08. The average molecular weight is 377 g/mol. The molecule has 2 aromatic rings. The van der Waals surface area contributed by atoms with E-state index in [9.17, 15) is 13.2 Å². The third kappa shape index (κ3) is 5.32. The SMILES string of the molecule is O=C(NCCSc1ccccc1)c1ccc(S(=O)(=O)NC2CC2)cc1. The molecule has 1 saturated carbocycles. The van der Waals surface area contributed by atoms with Gasteiger partial charge in [-0.1, -0.05) is 18.2 Å². The number of amides is 1. The van der Waals surface area contributed by atoms with E-state index >= 15 is 0 Å². The van der Waals surface area contributed by atoms with E-state index in [0.29, 0.717) is 12.1 Å². The van der Waals surface area contributed by atoms with Gasteiger partial charge in [-0.3, -0.25) is 4.79 Å². The van der Waals surface area contributed by atoms with Crippen LogP contribution in [0.3, 0.4) is 0 Å². The molecule has 1 amide bonds. The molecule has 0 atom stereocenters. The topological polar surface area (TPSA) is 75.3 Å². The van der Waals surface area contributed by atoms with Crippen molar-refractivity contribution >= 4 is 27.7 Å². The van der Waals surface area contributed by atoms with Crippen molar-refractivity contribution in [3.8, 4) is 0 Å². The van der Waals surface area contributed by atoms with Crippen LogP contribution in [0.4, 0.5) is 0 Å². The molecule has 0 unspecified atom stereocenters. The van der Waals surface area contributed by atoms with Gasteiger partial charge in [-0.05, 0) is 49.2 Å². The largest absolute Gasteiger partial charge is 0.351 e. The summed E-state index contributed by atoms with van der Waals surface area (Å²) in [7, 11) is -3.48. The van der Waals surface area contributed by atoms with Gasteiger partial charge in [-0.25, -0.2) is 13.1 Å². The Bertz CT molecular complexity index is 817. The van der Waals surface area contributed by atoms with E-state index in [2.05, 4.69) is 10.0 Å². The molecule has 0 radical (unpaired) electrons. The number of rotatable bonds is 8. The maximum atomic E-state index is 12.1. The van der Waals surface area contributed by atoms with Gasteiger partial charge in [0.05, 0.1) is 4.90 Å². The molecule has 132 valence electrons. The first kappa shape index (κ1) is 18.0. The summed E-state index contributed by atoms with van der Waals surface area (Å²) in [5, 5.41) is 2.84. The van der Waals surface area contributed by atoms with Crippen molar-refractivity contribution in [1.82, 2.24) is 10.0 Å². The molecule has 2 N–H and O–H groups in total. The number of benzene rings is 2. The molecule has 0 aromatic heterocycles. The maximum absolute atomic E-state index is 12.1. The zero-order valence-electron chi connectivity index (χ0n) is 13.6. The summed E-state index contributed by atoms with van der Waals surface area (Å²) < 4.78 is 26.8. The fraction of sp³-hybridized carbons (Fsp3) is 0.278. The van der Waals surface area contributed by atoms with Gasteiger partial charge in [0.2, 0.25) is 10.0 Å². The fourth-order valence-corrected chi connectivity index (χ4v) is 4.32. The molecule has 0 bridgehead atoms. The van der Waals surface area contributed by atoms with Gasteiger partial charge in [0.1, 0.15) is 0 Å². The molecule has 5 nitrogen and oxygen atoms in total. The van der Waals surface area contributed by atoms with Crippen LogP contribution in [0.1, 0.15) is 23.2 Å². The van der Waals surface area contributed by atoms with Crippen LogP contribution in [-0.4, -0.2) is 32.7 Å². The Hall–Kier alpha value is -1.83. The van der Waals surface area contributed by atoms with E-state index in [1.165, 1.54) is 12.1 Å². The van der Waals surface area contributed by atoms with Gasteiger partial charge in [0.15, 0.2) is 0 Å². The van der Waals surface area contributed by atoms with Gasteiger partial charge in [-0.2, -0.15) is 0 Å². The lowest BCUT2D eigenvalue weighted by molar-refractivity contribution is 0.0956. The first-order chi connectivity index (χ1) is 12.0. The van der Waals surface area contributed by atoms with Gasteiger partial charge in [0, 0.05) is 28.8 Å². The Morgan fingerprint density at radius 2 is 1.72 bits per heavy atom. The summed E-state index contributed by atoms with van der Waals surface area (Å²) >= 11 is 1.67. The van der Waals surface area contributed by atoms with E-state index < -0.39 is 10.0 Å². The van der Waals surface area contributed by atoms with Crippen molar-refractivity contribution in [2.45, 2.75) is 28.7 Å². The number of sulfonamides is 1. The van der Waals surface area contributed by atoms with E-state index in [-0.39, 0.29) is 16.8 Å². The number of carbonyl (C=O) groups excluding carboxylic acids is 1.